The maximum Gasteiger partial charge on any atom is 0.433 e. The molecule has 14 heteroatoms. The van der Waals surface area contributed by atoms with E-state index in [1.165, 1.54) is 53.2 Å². The third kappa shape index (κ3) is 4.68. The molecule has 1 atom stereocenters. The largest absolute Gasteiger partial charge is 0.494 e. The average molecular weight is 602 g/mol. The molecule has 6 rings (SSSR count). The third-order valence-electron chi connectivity index (χ3n) is 7.30. The number of urea groups is 1. The number of carbonyl (C=O) groups excluding carboxylic acids is 2. The monoisotopic (exact) mass is 602 g/mol. The van der Waals surface area contributed by atoms with Crippen molar-refractivity contribution in [2.24, 2.45) is 0 Å². The minimum absolute atomic E-state index is 0.0749. The van der Waals surface area contributed by atoms with Gasteiger partial charge in [-0.15, -0.1) is 0 Å². The number of aromatic hydroxyl groups is 1. The van der Waals surface area contributed by atoms with Gasteiger partial charge in [0.05, 0.1) is 17.6 Å². The summed E-state index contributed by atoms with van der Waals surface area (Å²) in [6.45, 7) is -0.364. The summed E-state index contributed by atoms with van der Waals surface area (Å²) < 4.78 is 97.2. The van der Waals surface area contributed by atoms with Crippen LogP contribution in [-0.2, 0) is 29.2 Å². The van der Waals surface area contributed by atoms with Gasteiger partial charge in [0.25, 0.3) is 5.91 Å². The first kappa shape index (κ1) is 28.0. The maximum atomic E-state index is 13.8. The van der Waals surface area contributed by atoms with Gasteiger partial charge in [-0.25, -0.2) is 14.2 Å². The number of halogens is 7. The second-order valence-corrected chi connectivity index (χ2v) is 9.96. The Bertz CT molecular complexity index is 1950. The first-order valence-corrected chi connectivity index (χ1v) is 12.5. The SMILES string of the molecule is O=C1NC(=O)[C@](Cn2cc3ccc(F)cc3c2O)(c2ccc(-c3cc(C(F)(F)F)nc4c(C(F)(F)F)cccc34)cc2)N1. The highest BCUT2D eigenvalue weighted by Gasteiger charge is 2.48. The molecule has 1 aliphatic rings. The molecule has 7 nitrogen and oxygen atoms in total. The predicted octanol–water partition coefficient (Wildman–Crippen LogP) is 6.47. The molecule has 3 N–H and O–H groups in total. The molecule has 1 saturated heterocycles. The van der Waals surface area contributed by atoms with E-state index in [1.54, 1.807) is 0 Å². The van der Waals surface area contributed by atoms with E-state index in [0.717, 1.165) is 12.1 Å². The second kappa shape index (κ2) is 9.44. The topological polar surface area (TPSA) is 96.2 Å². The number of alkyl halides is 6. The van der Waals surface area contributed by atoms with Crippen LogP contribution in [0.5, 0.6) is 5.88 Å². The van der Waals surface area contributed by atoms with Gasteiger partial charge in [0.1, 0.15) is 11.5 Å². The van der Waals surface area contributed by atoms with Crippen molar-refractivity contribution in [3.05, 3.63) is 95.6 Å². The molecule has 0 bridgehead atoms. The first-order valence-electron chi connectivity index (χ1n) is 12.5. The van der Waals surface area contributed by atoms with Crippen LogP contribution in [0.4, 0.5) is 35.5 Å². The second-order valence-electron chi connectivity index (χ2n) is 9.96. The van der Waals surface area contributed by atoms with Crippen molar-refractivity contribution in [2.45, 2.75) is 24.4 Å². The fraction of sp³-hybridized carbons (Fsp3) is 0.138. The van der Waals surface area contributed by atoms with Crippen LogP contribution in [0.3, 0.4) is 0 Å². The molecule has 1 fully saturated rings. The van der Waals surface area contributed by atoms with Gasteiger partial charge in [0, 0.05) is 22.4 Å². The molecular weight excluding hydrogens is 585 g/mol. The van der Waals surface area contributed by atoms with Crippen LogP contribution in [-0.4, -0.2) is 26.6 Å². The summed E-state index contributed by atoms with van der Waals surface area (Å²) in [6, 6.07) is 11.6. The summed E-state index contributed by atoms with van der Waals surface area (Å²) >= 11 is 0. The normalized spacial score (nSPS) is 17.5. The Morgan fingerprint density at radius 2 is 1.60 bits per heavy atom. The fourth-order valence-corrected chi connectivity index (χ4v) is 5.29. The number of hydrogen-bond donors (Lipinski definition) is 3. The number of rotatable bonds is 4. The highest BCUT2D eigenvalue weighted by molar-refractivity contribution is 6.07. The Labute approximate surface area is 236 Å². The smallest absolute Gasteiger partial charge is 0.433 e. The molecule has 5 aromatic rings. The lowest BCUT2D eigenvalue weighted by atomic mass is 9.88. The minimum Gasteiger partial charge on any atom is -0.494 e. The summed E-state index contributed by atoms with van der Waals surface area (Å²) in [4.78, 5) is 28.7. The highest BCUT2D eigenvalue weighted by atomic mass is 19.4. The van der Waals surface area contributed by atoms with Crippen molar-refractivity contribution in [3.63, 3.8) is 0 Å². The van der Waals surface area contributed by atoms with Crippen molar-refractivity contribution in [1.29, 1.82) is 0 Å². The Hall–Kier alpha value is -5.14. The van der Waals surface area contributed by atoms with Gasteiger partial charge >= 0.3 is 18.4 Å². The van der Waals surface area contributed by atoms with E-state index in [1.807, 2.05) is 0 Å². The molecule has 3 heterocycles. The number of fused-ring (bicyclic) bond motifs is 2. The number of pyridine rings is 1. The van der Waals surface area contributed by atoms with Crippen LogP contribution in [0.2, 0.25) is 0 Å². The van der Waals surface area contributed by atoms with Gasteiger partial charge in [-0.1, -0.05) is 36.4 Å². The molecule has 220 valence electrons. The first-order chi connectivity index (χ1) is 20.2. The number of imide groups is 1. The minimum atomic E-state index is -5.05. The maximum absolute atomic E-state index is 13.8. The lowest BCUT2D eigenvalue weighted by molar-refractivity contribution is -0.142. The highest BCUT2D eigenvalue weighted by Crippen LogP contribution is 2.41. The Morgan fingerprint density at radius 3 is 2.23 bits per heavy atom. The number of para-hydroxylation sites is 1. The fourth-order valence-electron chi connectivity index (χ4n) is 5.29. The van der Waals surface area contributed by atoms with E-state index in [-0.39, 0.29) is 39.9 Å². The Kier molecular flexibility index (Phi) is 6.15. The summed E-state index contributed by atoms with van der Waals surface area (Å²) in [7, 11) is 0. The molecule has 0 unspecified atom stereocenters. The van der Waals surface area contributed by atoms with E-state index in [0.29, 0.717) is 17.5 Å². The van der Waals surface area contributed by atoms with Crippen LogP contribution in [0, 0.1) is 5.82 Å². The quantitative estimate of drug-likeness (QED) is 0.162. The van der Waals surface area contributed by atoms with E-state index in [9.17, 15) is 45.4 Å². The zero-order chi connectivity index (χ0) is 30.9. The van der Waals surface area contributed by atoms with Crippen LogP contribution in [0.1, 0.15) is 16.8 Å². The lowest BCUT2D eigenvalue weighted by Gasteiger charge is -2.27. The molecule has 2 aromatic heterocycles. The molecule has 0 spiro atoms. The van der Waals surface area contributed by atoms with E-state index < -0.39 is 52.4 Å². The molecule has 0 aliphatic carbocycles. The number of carbonyl (C=O) groups is 2. The number of nitrogens with zero attached hydrogens (tertiary/aromatic N) is 2. The molecule has 3 amide bonds. The van der Waals surface area contributed by atoms with E-state index in [2.05, 4.69) is 15.6 Å². The predicted molar refractivity (Wildman–Crippen MR) is 139 cm³/mol. The zero-order valence-electron chi connectivity index (χ0n) is 21.4. The summed E-state index contributed by atoms with van der Waals surface area (Å²) in [5.74, 6) is -1.81. The number of amides is 3. The average Bonchev–Trinajstić information content (AvgIpc) is 3.40. The Morgan fingerprint density at radius 1 is 0.884 bits per heavy atom. The zero-order valence-corrected chi connectivity index (χ0v) is 21.4. The molecule has 0 saturated carbocycles. The van der Waals surface area contributed by atoms with Gasteiger partial charge in [-0.3, -0.25) is 10.1 Å². The van der Waals surface area contributed by atoms with Crippen molar-refractivity contribution in [2.75, 3.05) is 0 Å². The number of nitrogens with one attached hydrogen (secondary N) is 2. The summed E-state index contributed by atoms with van der Waals surface area (Å²) in [6.07, 6.45) is -8.58. The van der Waals surface area contributed by atoms with Crippen LogP contribution >= 0.6 is 0 Å². The van der Waals surface area contributed by atoms with Crippen LogP contribution in [0.25, 0.3) is 32.8 Å². The molecule has 1 aliphatic heterocycles. The van der Waals surface area contributed by atoms with Crippen molar-refractivity contribution in [3.8, 4) is 17.0 Å². The molecule has 3 aromatic carbocycles. The lowest BCUT2D eigenvalue weighted by Crippen LogP contribution is -2.47. The van der Waals surface area contributed by atoms with Crippen molar-refractivity contribution < 1.29 is 45.4 Å². The van der Waals surface area contributed by atoms with Crippen molar-refractivity contribution >= 4 is 33.6 Å². The standard InChI is InChI=1S/C29H17F7N4O3/c30-17-9-6-15-12-40(24(41)20(15)10-17)13-27(25(42)38-26(43)39-27)16-7-4-14(5-8-16)19-11-22(29(34,35)36)37-23-18(19)2-1-3-21(23)28(31,32)33/h1-12,41H,13H2,(H2,38,39,42,43)/t27-/m0/s1. The number of hydrogen-bond acceptors (Lipinski definition) is 4. The van der Waals surface area contributed by atoms with Crippen molar-refractivity contribution in [1.82, 2.24) is 20.2 Å². The van der Waals surface area contributed by atoms with Gasteiger partial charge in [0.2, 0.25) is 0 Å². The molecular formula is C29H17F7N4O3. The van der Waals surface area contributed by atoms with Crippen LogP contribution < -0.4 is 10.6 Å². The number of benzene rings is 3. The van der Waals surface area contributed by atoms with E-state index >= 15 is 0 Å². The third-order valence-corrected chi connectivity index (χ3v) is 7.30. The van der Waals surface area contributed by atoms with Gasteiger partial charge in [0.15, 0.2) is 11.4 Å². The summed E-state index contributed by atoms with van der Waals surface area (Å²) in [5, 5.41) is 15.8. The number of aromatic nitrogens is 2. The van der Waals surface area contributed by atoms with Gasteiger partial charge < -0.3 is 15.0 Å². The van der Waals surface area contributed by atoms with Crippen LogP contribution in [0.15, 0.2) is 72.9 Å². The van der Waals surface area contributed by atoms with Gasteiger partial charge in [-0.05, 0) is 47.0 Å². The van der Waals surface area contributed by atoms with E-state index in [4.69, 9.17) is 0 Å². The Balaban J connectivity index is 1.48. The van der Waals surface area contributed by atoms with Gasteiger partial charge in [-0.2, -0.15) is 26.3 Å². The molecule has 43 heavy (non-hydrogen) atoms. The summed E-state index contributed by atoms with van der Waals surface area (Å²) in [5.41, 5.74) is -5.53. The molecule has 0 radical (unpaired) electrons.